The van der Waals surface area contributed by atoms with Crippen molar-refractivity contribution in [1.29, 1.82) is 0 Å². The molecule has 150 valence electrons. The second kappa shape index (κ2) is 8.78. The number of anilines is 1. The van der Waals surface area contributed by atoms with E-state index in [0.717, 1.165) is 0 Å². The van der Waals surface area contributed by atoms with Gasteiger partial charge in [-0.05, 0) is 37.1 Å². The van der Waals surface area contributed by atoms with Crippen LogP contribution in [0, 0.1) is 11.7 Å². The van der Waals surface area contributed by atoms with E-state index < -0.39 is 27.7 Å². The van der Waals surface area contributed by atoms with Crippen LogP contribution in [0.25, 0.3) is 0 Å². The molecule has 1 heterocycles. The van der Waals surface area contributed by atoms with Crippen LogP contribution in [0.3, 0.4) is 0 Å². The average Bonchev–Trinajstić information content (AvgIpc) is 2.67. The summed E-state index contributed by atoms with van der Waals surface area (Å²) in [6.07, 6.45) is 1.06. The number of hydrogen-bond donors (Lipinski definition) is 1. The fourth-order valence-electron chi connectivity index (χ4n) is 3.15. The zero-order valence-corrected chi connectivity index (χ0v) is 17.2. The fraction of sp³-hybridized carbons (Fsp3) is 0.316. The highest BCUT2D eigenvalue weighted by Gasteiger charge is 2.33. The molecule has 0 aromatic heterocycles. The number of para-hydroxylation sites is 1. The van der Waals surface area contributed by atoms with Gasteiger partial charge in [0, 0.05) is 28.7 Å². The number of sulfonamides is 1. The Morgan fingerprint density at radius 2 is 1.82 bits per heavy atom. The first-order valence-corrected chi connectivity index (χ1v) is 11.1. The van der Waals surface area contributed by atoms with Crippen molar-refractivity contribution in [3.8, 4) is 0 Å². The van der Waals surface area contributed by atoms with E-state index in [1.807, 2.05) is 0 Å². The lowest BCUT2D eigenvalue weighted by molar-refractivity contribution is -0.120. The maximum absolute atomic E-state index is 13.8. The lowest BCUT2D eigenvalue weighted by Crippen LogP contribution is -2.44. The number of rotatable bonds is 5. The molecule has 1 aliphatic rings. The molecule has 2 aromatic carbocycles. The van der Waals surface area contributed by atoms with Gasteiger partial charge in [-0.25, -0.2) is 17.1 Å². The van der Waals surface area contributed by atoms with Crippen molar-refractivity contribution in [3.63, 3.8) is 0 Å². The van der Waals surface area contributed by atoms with Crippen molar-refractivity contribution < 1.29 is 17.6 Å². The van der Waals surface area contributed by atoms with Gasteiger partial charge in [0.1, 0.15) is 5.82 Å². The molecule has 9 heteroatoms. The smallest absolute Gasteiger partial charge is 0.228 e. The molecule has 1 fully saturated rings. The third-order valence-corrected chi connectivity index (χ3v) is 7.15. The van der Waals surface area contributed by atoms with Crippen LogP contribution in [0.4, 0.5) is 10.1 Å². The minimum Gasteiger partial charge on any atom is -0.323 e. The van der Waals surface area contributed by atoms with E-state index in [-0.39, 0.29) is 28.0 Å². The van der Waals surface area contributed by atoms with Crippen molar-refractivity contribution >= 4 is 44.8 Å². The molecule has 1 atom stereocenters. The average molecular weight is 445 g/mol. The number of benzene rings is 2. The lowest BCUT2D eigenvalue weighted by atomic mass is 9.98. The number of nitrogens with one attached hydrogen (secondary N) is 1. The van der Waals surface area contributed by atoms with E-state index in [9.17, 15) is 17.6 Å². The summed E-state index contributed by atoms with van der Waals surface area (Å²) in [5, 5.41) is 3.10. The molecule has 0 bridgehead atoms. The van der Waals surface area contributed by atoms with Gasteiger partial charge >= 0.3 is 0 Å². The zero-order chi connectivity index (χ0) is 20.3. The van der Waals surface area contributed by atoms with E-state index in [4.69, 9.17) is 23.2 Å². The molecule has 1 aliphatic heterocycles. The number of piperidine rings is 1. The van der Waals surface area contributed by atoms with Crippen LogP contribution in [-0.2, 0) is 20.6 Å². The Hall–Kier alpha value is -1.67. The number of nitrogens with zero attached hydrogens (tertiary/aromatic N) is 1. The van der Waals surface area contributed by atoms with Crippen molar-refractivity contribution in [1.82, 2.24) is 4.31 Å². The Morgan fingerprint density at radius 1 is 1.14 bits per heavy atom. The minimum absolute atomic E-state index is 0.0324. The van der Waals surface area contributed by atoms with E-state index in [1.165, 1.54) is 22.5 Å². The Bertz CT molecular complexity index is 965. The summed E-state index contributed by atoms with van der Waals surface area (Å²) in [6, 6.07) is 10.7. The normalized spacial score (nSPS) is 18.0. The molecule has 2 aromatic rings. The third kappa shape index (κ3) is 4.84. The van der Waals surface area contributed by atoms with Gasteiger partial charge < -0.3 is 5.32 Å². The predicted octanol–water partition coefficient (Wildman–Crippen LogP) is 4.31. The van der Waals surface area contributed by atoms with Gasteiger partial charge in [0.15, 0.2) is 0 Å². The largest absolute Gasteiger partial charge is 0.323 e. The first-order valence-electron chi connectivity index (χ1n) is 8.74. The van der Waals surface area contributed by atoms with E-state index >= 15 is 0 Å². The van der Waals surface area contributed by atoms with E-state index in [0.29, 0.717) is 24.9 Å². The third-order valence-electron chi connectivity index (χ3n) is 4.67. The number of carbonyl (C=O) groups is 1. The van der Waals surface area contributed by atoms with Crippen LogP contribution in [-0.4, -0.2) is 31.7 Å². The van der Waals surface area contributed by atoms with Crippen LogP contribution in [0.1, 0.15) is 18.4 Å². The zero-order valence-electron chi connectivity index (χ0n) is 14.9. The maximum Gasteiger partial charge on any atom is 0.228 e. The molecular formula is C19H19Cl2FN2O3S. The SMILES string of the molecule is O=C(Nc1ccccc1F)C1CCCN(S(=O)(=O)Cc2c(Cl)cccc2Cl)C1. The summed E-state index contributed by atoms with van der Waals surface area (Å²) in [6.45, 7) is 0.346. The Labute approximate surface area is 173 Å². The summed E-state index contributed by atoms with van der Waals surface area (Å²) in [5.74, 6) is -1.84. The Kier molecular flexibility index (Phi) is 6.60. The topological polar surface area (TPSA) is 66.5 Å². The van der Waals surface area contributed by atoms with Gasteiger partial charge in [0.25, 0.3) is 0 Å². The van der Waals surface area contributed by atoms with Crippen molar-refractivity contribution in [2.75, 3.05) is 18.4 Å². The van der Waals surface area contributed by atoms with Gasteiger partial charge in [-0.2, -0.15) is 0 Å². The predicted molar refractivity (Wildman–Crippen MR) is 108 cm³/mol. The second-order valence-electron chi connectivity index (χ2n) is 6.62. The van der Waals surface area contributed by atoms with Crippen molar-refractivity contribution in [3.05, 3.63) is 63.9 Å². The summed E-state index contributed by atoms with van der Waals surface area (Å²) in [4.78, 5) is 12.5. The highest BCUT2D eigenvalue weighted by Crippen LogP contribution is 2.29. The second-order valence-corrected chi connectivity index (χ2v) is 9.41. The first-order chi connectivity index (χ1) is 13.3. The summed E-state index contributed by atoms with van der Waals surface area (Å²) < 4.78 is 40.7. The minimum atomic E-state index is -3.72. The molecular weight excluding hydrogens is 426 g/mol. The molecule has 28 heavy (non-hydrogen) atoms. The summed E-state index contributed by atoms with van der Waals surface area (Å²) in [5.41, 5.74) is 0.416. The summed E-state index contributed by atoms with van der Waals surface area (Å²) in [7, 11) is -3.72. The molecule has 3 rings (SSSR count). The number of hydrogen-bond acceptors (Lipinski definition) is 3. The molecule has 0 saturated carbocycles. The quantitative estimate of drug-likeness (QED) is 0.746. The Morgan fingerprint density at radius 3 is 2.50 bits per heavy atom. The number of halogens is 3. The van der Waals surface area contributed by atoms with Gasteiger partial charge in [0.05, 0.1) is 17.4 Å². The molecule has 0 radical (unpaired) electrons. The molecule has 1 unspecified atom stereocenters. The van der Waals surface area contributed by atoms with Gasteiger partial charge in [-0.1, -0.05) is 41.4 Å². The van der Waals surface area contributed by atoms with Gasteiger partial charge in [-0.3, -0.25) is 4.79 Å². The highest BCUT2D eigenvalue weighted by atomic mass is 35.5. The molecule has 1 amide bonds. The molecule has 0 aliphatic carbocycles. The fourth-order valence-corrected chi connectivity index (χ4v) is 5.51. The number of carbonyl (C=O) groups excluding carboxylic acids is 1. The number of amides is 1. The molecule has 1 saturated heterocycles. The van der Waals surface area contributed by atoms with Gasteiger partial charge in [-0.15, -0.1) is 0 Å². The molecule has 1 N–H and O–H groups in total. The van der Waals surface area contributed by atoms with Crippen LogP contribution in [0.2, 0.25) is 10.0 Å². The first kappa shape index (κ1) is 21.0. The van der Waals surface area contributed by atoms with Crippen molar-refractivity contribution in [2.24, 2.45) is 5.92 Å². The van der Waals surface area contributed by atoms with E-state index in [2.05, 4.69) is 5.32 Å². The maximum atomic E-state index is 13.8. The monoisotopic (exact) mass is 444 g/mol. The van der Waals surface area contributed by atoms with Crippen LogP contribution >= 0.6 is 23.2 Å². The molecule has 5 nitrogen and oxygen atoms in total. The highest BCUT2D eigenvalue weighted by molar-refractivity contribution is 7.88. The summed E-state index contributed by atoms with van der Waals surface area (Å²) >= 11 is 12.2. The van der Waals surface area contributed by atoms with E-state index in [1.54, 1.807) is 24.3 Å². The van der Waals surface area contributed by atoms with Crippen LogP contribution in [0.5, 0.6) is 0 Å². The van der Waals surface area contributed by atoms with Gasteiger partial charge in [0.2, 0.25) is 15.9 Å². The van der Waals surface area contributed by atoms with Crippen LogP contribution < -0.4 is 5.32 Å². The Balaban J connectivity index is 1.71. The van der Waals surface area contributed by atoms with Crippen LogP contribution in [0.15, 0.2) is 42.5 Å². The lowest BCUT2D eigenvalue weighted by Gasteiger charge is -2.31. The molecule has 0 spiro atoms. The van der Waals surface area contributed by atoms with Crippen molar-refractivity contribution in [2.45, 2.75) is 18.6 Å². The standard InChI is InChI=1S/C19H19Cl2FN2O3S/c20-15-6-3-7-16(21)14(15)12-28(26,27)24-10-4-5-13(11-24)19(25)23-18-9-2-1-8-17(18)22/h1-3,6-9,13H,4-5,10-12H2,(H,23,25).